The lowest BCUT2D eigenvalue weighted by Gasteiger charge is -2.29. The number of benzene rings is 2. The van der Waals surface area contributed by atoms with Crippen molar-refractivity contribution in [3.8, 4) is 0 Å². The highest BCUT2D eigenvalue weighted by atomic mass is 19.4. The van der Waals surface area contributed by atoms with Crippen LogP contribution in [0.25, 0.3) is 10.9 Å². The summed E-state index contributed by atoms with van der Waals surface area (Å²) < 4.78 is 38.0. The Morgan fingerprint density at radius 2 is 1.64 bits per heavy atom. The second-order valence-electron chi connectivity index (χ2n) is 8.97. The highest BCUT2D eigenvalue weighted by Crippen LogP contribution is 2.30. The van der Waals surface area contributed by atoms with E-state index in [0.717, 1.165) is 66.6 Å². The fraction of sp³-hybridized carbons (Fsp3) is 0.440. The van der Waals surface area contributed by atoms with Crippen molar-refractivity contribution in [1.29, 1.82) is 0 Å². The Kier molecular flexibility index (Phi) is 7.02. The maximum absolute atomic E-state index is 12.7. The summed E-state index contributed by atoms with van der Waals surface area (Å²) in [5.74, 6) is 2.14. The van der Waals surface area contributed by atoms with Crippen LogP contribution in [0, 0.1) is 5.92 Å². The van der Waals surface area contributed by atoms with Crippen LogP contribution in [0.3, 0.4) is 0 Å². The predicted molar refractivity (Wildman–Crippen MR) is 126 cm³/mol. The van der Waals surface area contributed by atoms with Crippen LogP contribution in [0.15, 0.2) is 48.5 Å². The highest BCUT2D eigenvalue weighted by Gasteiger charge is 2.30. The Morgan fingerprint density at radius 1 is 0.939 bits per heavy atom. The van der Waals surface area contributed by atoms with Gasteiger partial charge in [0.2, 0.25) is 5.95 Å². The molecule has 176 valence electrons. The van der Waals surface area contributed by atoms with Crippen molar-refractivity contribution >= 4 is 22.7 Å². The molecule has 2 aromatic carbocycles. The van der Waals surface area contributed by atoms with E-state index in [4.69, 9.17) is 9.97 Å². The third-order valence-corrected chi connectivity index (χ3v) is 6.23. The molecular formula is C25H30F3N5. The van der Waals surface area contributed by atoms with Crippen molar-refractivity contribution < 1.29 is 13.2 Å². The van der Waals surface area contributed by atoms with Crippen LogP contribution in [0.5, 0.6) is 0 Å². The summed E-state index contributed by atoms with van der Waals surface area (Å²) in [6.45, 7) is 1.44. The van der Waals surface area contributed by atoms with Gasteiger partial charge >= 0.3 is 6.18 Å². The predicted octanol–water partition coefficient (Wildman–Crippen LogP) is 5.48. The van der Waals surface area contributed by atoms with Crippen molar-refractivity contribution in [3.63, 3.8) is 0 Å². The van der Waals surface area contributed by atoms with E-state index in [0.29, 0.717) is 24.5 Å². The molecule has 33 heavy (non-hydrogen) atoms. The second kappa shape index (κ2) is 9.95. The molecule has 1 aliphatic rings. The first-order valence-corrected chi connectivity index (χ1v) is 11.4. The number of hydrogen-bond donors (Lipinski definition) is 2. The van der Waals surface area contributed by atoms with Crippen LogP contribution in [-0.2, 0) is 12.7 Å². The van der Waals surface area contributed by atoms with Gasteiger partial charge in [-0.15, -0.1) is 0 Å². The Bertz CT molecular complexity index is 1060. The van der Waals surface area contributed by atoms with Gasteiger partial charge < -0.3 is 15.5 Å². The molecule has 0 spiro atoms. The smallest absolute Gasteiger partial charge is 0.362 e. The van der Waals surface area contributed by atoms with Gasteiger partial charge in [-0.3, -0.25) is 0 Å². The molecule has 2 N–H and O–H groups in total. The van der Waals surface area contributed by atoms with Gasteiger partial charge in [0.1, 0.15) is 5.82 Å². The van der Waals surface area contributed by atoms with E-state index >= 15 is 0 Å². The molecule has 0 unspecified atom stereocenters. The van der Waals surface area contributed by atoms with Crippen LogP contribution in [-0.4, -0.2) is 36.6 Å². The van der Waals surface area contributed by atoms with Gasteiger partial charge in [-0.25, -0.2) is 4.98 Å². The van der Waals surface area contributed by atoms with E-state index in [2.05, 4.69) is 10.6 Å². The molecule has 0 amide bonds. The summed E-state index contributed by atoms with van der Waals surface area (Å²) in [6, 6.07) is 13.7. The minimum Gasteiger partial charge on any atom is -0.362 e. The van der Waals surface area contributed by atoms with E-state index in [1.165, 1.54) is 0 Å². The summed E-state index contributed by atoms with van der Waals surface area (Å²) >= 11 is 0. The van der Waals surface area contributed by atoms with Gasteiger partial charge in [0.15, 0.2) is 0 Å². The van der Waals surface area contributed by atoms with Gasteiger partial charge in [-0.1, -0.05) is 24.3 Å². The standard InChI is InChI=1S/C25H30F3N5/c1-33(2)23-21-5-3-4-6-22(21)31-24(32-23)30-20-13-9-18(10-14-20)16-29-15-17-7-11-19(12-8-17)25(26,27)28/h3-8,11-12,18,20,29H,9-10,13-16H2,1-2H3,(H,30,31,32). The summed E-state index contributed by atoms with van der Waals surface area (Å²) in [5, 5.41) is 7.97. The largest absolute Gasteiger partial charge is 0.416 e. The normalized spacial score (nSPS) is 18.9. The molecular weight excluding hydrogens is 427 g/mol. The number of alkyl halides is 3. The molecule has 0 saturated heterocycles. The maximum atomic E-state index is 12.7. The zero-order chi connectivity index (χ0) is 23.4. The van der Waals surface area contributed by atoms with Crippen molar-refractivity contribution in [2.24, 2.45) is 5.92 Å². The first kappa shape index (κ1) is 23.3. The summed E-state index contributed by atoms with van der Waals surface area (Å²) in [4.78, 5) is 11.5. The molecule has 0 atom stereocenters. The summed E-state index contributed by atoms with van der Waals surface area (Å²) in [5.41, 5.74) is 1.19. The molecule has 0 radical (unpaired) electrons. The lowest BCUT2D eigenvalue weighted by molar-refractivity contribution is -0.137. The highest BCUT2D eigenvalue weighted by molar-refractivity contribution is 5.90. The lowest BCUT2D eigenvalue weighted by Crippen LogP contribution is -2.31. The molecule has 1 aliphatic carbocycles. The summed E-state index contributed by atoms with van der Waals surface area (Å²) in [7, 11) is 3.98. The minimum atomic E-state index is -4.29. The topological polar surface area (TPSA) is 53.1 Å². The fourth-order valence-electron chi connectivity index (χ4n) is 4.39. The zero-order valence-corrected chi connectivity index (χ0v) is 19.0. The number of aromatic nitrogens is 2. The summed E-state index contributed by atoms with van der Waals surface area (Å²) in [6.07, 6.45) is -0.0254. The first-order valence-electron chi connectivity index (χ1n) is 11.4. The third-order valence-electron chi connectivity index (χ3n) is 6.23. The molecule has 0 aliphatic heterocycles. The second-order valence-corrected chi connectivity index (χ2v) is 8.97. The van der Waals surface area contributed by atoms with E-state index in [-0.39, 0.29) is 0 Å². The van der Waals surface area contributed by atoms with Crippen LogP contribution in [0.4, 0.5) is 24.9 Å². The van der Waals surface area contributed by atoms with Crippen molar-refractivity contribution in [2.75, 3.05) is 30.9 Å². The van der Waals surface area contributed by atoms with Crippen LogP contribution >= 0.6 is 0 Å². The third kappa shape index (κ3) is 5.93. The number of nitrogens with one attached hydrogen (secondary N) is 2. The maximum Gasteiger partial charge on any atom is 0.416 e. The molecule has 0 bridgehead atoms. The Morgan fingerprint density at radius 3 is 2.30 bits per heavy atom. The number of fused-ring (bicyclic) bond motifs is 1. The zero-order valence-electron chi connectivity index (χ0n) is 19.0. The molecule has 1 saturated carbocycles. The van der Waals surface area contributed by atoms with Gasteiger partial charge in [0.25, 0.3) is 0 Å². The van der Waals surface area contributed by atoms with Gasteiger partial charge in [-0.2, -0.15) is 18.2 Å². The number of para-hydroxylation sites is 1. The molecule has 4 rings (SSSR count). The molecule has 1 heterocycles. The van der Waals surface area contributed by atoms with E-state index in [1.807, 2.05) is 43.3 Å². The Balaban J connectivity index is 1.26. The van der Waals surface area contributed by atoms with E-state index < -0.39 is 11.7 Å². The number of anilines is 2. The lowest BCUT2D eigenvalue weighted by atomic mass is 9.86. The number of hydrogen-bond acceptors (Lipinski definition) is 5. The van der Waals surface area contributed by atoms with Crippen molar-refractivity contribution in [1.82, 2.24) is 15.3 Å². The molecule has 8 heteroatoms. The van der Waals surface area contributed by atoms with Crippen LogP contribution in [0.2, 0.25) is 0 Å². The number of nitrogens with zero attached hydrogens (tertiary/aromatic N) is 3. The van der Waals surface area contributed by atoms with E-state index in [1.54, 1.807) is 12.1 Å². The Hall–Kier alpha value is -2.87. The molecule has 5 nitrogen and oxygen atoms in total. The quantitative estimate of drug-likeness (QED) is 0.492. The van der Waals surface area contributed by atoms with Crippen molar-refractivity contribution in [2.45, 2.75) is 44.4 Å². The number of rotatable bonds is 7. The monoisotopic (exact) mass is 457 g/mol. The molecule has 1 fully saturated rings. The van der Waals surface area contributed by atoms with Crippen molar-refractivity contribution in [3.05, 3.63) is 59.7 Å². The molecule has 3 aromatic rings. The SMILES string of the molecule is CN(C)c1nc(NC2CCC(CNCc3ccc(C(F)(F)F)cc3)CC2)nc2ccccc12. The Labute approximate surface area is 192 Å². The average Bonchev–Trinajstić information content (AvgIpc) is 2.79. The minimum absolute atomic E-state index is 0.340. The van der Waals surface area contributed by atoms with Crippen LogP contribution in [0.1, 0.15) is 36.8 Å². The number of halogens is 3. The fourth-order valence-corrected chi connectivity index (χ4v) is 4.39. The van der Waals surface area contributed by atoms with Crippen LogP contribution < -0.4 is 15.5 Å². The van der Waals surface area contributed by atoms with E-state index in [9.17, 15) is 13.2 Å². The van der Waals surface area contributed by atoms with Gasteiger partial charge in [0.05, 0.1) is 11.1 Å². The first-order chi connectivity index (χ1) is 15.8. The van der Waals surface area contributed by atoms with Gasteiger partial charge in [-0.05, 0) is 68.0 Å². The van der Waals surface area contributed by atoms with Gasteiger partial charge in [0, 0.05) is 32.1 Å². The molecule has 1 aromatic heterocycles. The average molecular weight is 458 g/mol.